The van der Waals surface area contributed by atoms with Crippen LogP contribution in [0.3, 0.4) is 0 Å². The molecule has 3 nitrogen and oxygen atoms in total. The molecule has 1 heterocycles. The van der Waals surface area contributed by atoms with Gasteiger partial charge in [-0.2, -0.15) is 11.8 Å². The van der Waals surface area contributed by atoms with E-state index in [9.17, 15) is 0 Å². The molecule has 0 amide bonds. The zero-order valence-corrected chi connectivity index (χ0v) is 11.1. The molecule has 5 heteroatoms. The van der Waals surface area contributed by atoms with Crippen molar-refractivity contribution in [1.82, 2.24) is 5.43 Å². The van der Waals surface area contributed by atoms with Gasteiger partial charge < -0.3 is 4.42 Å². The topological polar surface area (TPSA) is 51.2 Å². The highest BCUT2D eigenvalue weighted by Crippen LogP contribution is 2.27. The van der Waals surface area contributed by atoms with Crippen molar-refractivity contribution in [1.29, 1.82) is 0 Å². The highest BCUT2D eigenvalue weighted by atomic mass is 35.5. The van der Waals surface area contributed by atoms with Crippen LogP contribution in [-0.2, 0) is 0 Å². The predicted octanol–water partition coefficient (Wildman–Crippen LogP) is 3.34. The highest BCUT2D eigenvalue weighted by Gasteiger charge is 2.14. The first kappa shape index (κ1) is 12.8. The van der Waals surface area contributed by atoms with Crippen LogP contribution in [0.2, 0.25) is 5.02 Å². The van der Waals surface area contributed by atoms with Crippen LogP contribution in [0.4, 0.5) is 0 Å². The molecule has 0 saturated carbocycles. The minimum atomic E-state index is 0.0497. The number of hydrogen-bond acceptors (Lipinski definition) is 4. The lowest BCUT2D eigenvalue weighted by Gasteiger charge is -2.11. The molecular formula is C12H15ClN2OS. The minimum absolute atomic E-state index is 0.0497. The number of fused-ring (bicyclic) bond motifs is 1. The maximum absolute atomic E-state index is 5.94. The van der Waals surface area contributed by atoms with Gasteiger partial charge in [0.05, 0.1) is 6.04 Å². The summed E-state index contributed by atoms with van der Waals surface area (Å²) in [6, 6.07) is 7.64. The molecule has 0 spiro atoms. The summed E-state index contributed by atoms with van der Waals surface area (Å²) in [6.07, 6.45) is 3.01. The second-order valence-electron chi connectivity index (χ2n) is 3.83. The molecular weight excluding hydrogens is 256 g/mol. The number of benzene rings is 1. The van der Waals surface area contributed by atoms with E-state index in [4.69, 9.17) is 21.9 Å². The lowest BCUT2D eigenvalue weighted by molar-refractivity contribution is 0.430. The van der Waals surface area contributed by atoms with E-state index in [-0.39, 0.29) is 6.04 Å². The molecule has 0 bridgehead atoms. The molecule has 17 heavy (non-hydrogen) atoms. The fourth-order valence-corrected chi connectivity index (χ4v) is 2.40. The first-order valence-corrected chi connectivity index (χ1v) is 7.16. The number of hydrazine groups is 1. The van der Waals surface area contributed by atoms with E-state index in [1.54, 1.807) is 11.8 Å². The van der Waals surface area contributed by atoms with Gasteiger partial charge in [-0.25, -0.2) is 5.43 Å². The average Bonchev–Trinajstić information content (AvgIpc) is 2.72. The summed E-state index contributed by atoms with van der Waals surface area (Å²) in [5, 5.41) is 1.73. The van der Waals surface area contributed by atoms with E-state index in [2.05, 4.69) is 11.7 Å². The normalized spacial score (nSPS) is 13.1. The van der Waals surface area contributed by atoms with Gasteiger partial charge in [-0.3, -0.25) is 5.84 Å². The van der Waals surface area contributed by atoms with Gasteiger partial charge in [0.2, 0.25) is 0 Å². The summed E-state index contributed by atoms with van der Waals surface area (Å²) >= 11 is 7.73. The maximum Gasteiger partial charge on any atom is 0.134 e. The summed E-state index contributed by atoms with van der Waals surface area (Å²) < 4.78 is 5.76. The maximum atomic E-state index is 5.94. The van der Waals surface area contributed by atoms with E-state index in [1.807, 2.05) is 24.3 Å². The van der Waals surface area contributed by atoms with E-state index < -0.39 is 0 Å². The Hall–Kier alpha value is -0.680. The summed E-state index contributed by atoms with van der Waals surface area (Å²) in [4.78, 5) is 0. The second-order valence-corrected chi connectivity index (χ2v) is 5.25. The highest BCUT2D eigenvalue weighted by molar-refractivity contribution is 7.98. The van der Waals surface area contributed by atoms with Gasteiger partial charge in [0.15, 0.2) is 0 Å². The van der Waals surface area contributed by atoms with Gasteiger partial charge in [0.25, 0.3) is 0 Å². The van der Waals surface area contributed by atoms with Crippen LogP contribution in [0.1, 0.15) is 18.2 Å². The molecule has 3 N–H and O–H groups in total. The molecule has 0 aliphatic heterocycles. The third-order valence-corrected chi connectivity index (χ3v) is 3.53. The van der Waals surface area contributed by atoms with Crippen LogP contribution in [0.25, 0.3) is 11.0 Å². The summed E-state index contributed by atoms with van der Waals surface area (Å²) in [5.74, 6) is 7.45. The Labute approximate surface area is 110 Å². The quantitative estimate of drug-likeness (QED) is 0.646. The molecule has 1 unspecified atom stereocenters. The Kier molecular flexibility index (Phi) is 4.34. The lowest BCUT2D eigenvalue weighted by atomic mass is 10.1. The molecule has 2 rings (SSSR count). The largest absolute Gasteiger partial charge is 0.459 e. The number of halogens is 1. The van der Waals surface area contributed by atoms with Crippen LogP contribution in [0.5, 0.6) is 0 Å². The fraction of sp³-hybridized carbons (Fsp3) is 0.333. The lowest BCUT2D eigenvalue weighted by Crippen LogP contribution is -2.28. The smallest absolute Gasteiger partial charge is 0.134 e. The Morgan fingerprint density at radius 2 is 2.29 bits per heavy atom. The second kappa shape index (κ2) is 5.78. The van der Waals surface area contributed by atoms with Crippen molar-refractivity contribution in [2.24, 2.45) is 5.84 Å². The molecule has 1 atom stereocenters. The van der Waals surface area contributed by atoms with Crippen molar-refractivity contribution < 1.29 is 4.42 Å². The molecule has 0 aliphatic carbocycles. The van der Waals surface area contributed by atoms with E-state index in [0.29, 0.717) is 5.02 Å². The zero-order valence-electron chi connectivity index (χ0n) is 9.57. The van der Waals surface area contributed by atoms with Crippen molar-refractivity contribution in [3.05, 3.63) is 35.0 Å². The molecule has 2 aromatic rings. The van der Waals surface area contributed by atoms with Gasteiger partial charge in [-0.05, 0) is 42.7 Å². The average molecular weight is 271 g/mol. The number of rotatable bonds is 5. The third-order valence-electron chi connectivity index (χ3n) is 2.65. The number of thioether (sulfide) groups is 1. The standard InChI is InChI=1S/C12H15ClN2OS/c1-17-5-4-10(15-14)12-7-8-6-9(13)2-3-11(8)16-12/h2-3,6-7,10,15H,4-5,14H2,1H3. The monoisotopic (exact) mass is 270 g/mol. The molecule has 1 aromatic heterocycles. The van der Waals surface area contributed by atoms with Crippen LogP contribution in [-0.4, -0.2) is 12.0 Å². The minimum Gasteiger partial charge on any atom is -0.459 e. The predicted molar refractivity (Wildman–Crippen MR) is 74.3 cm³/mol. The zero-order chi connectivity index (χ0) is 12.3. The van der Waals surface area contributed by atoms with Gasteiger partial charge in [0.1, 0.15) is 11.3 Å². The van der Waals surface area contributed by atoms with E-state index in [0.717, 1.165) is 28.9 Å². The molecule has 0 aliphatic rings. The van der Waals surface area contributed by atoms with Crippen molar-refractivity contribution in [3.8, 4) is 0 Å². The van der Waals surface area contributed by atoms with Gasteiger partial charge in [0, 0.05) is 10.4 Å². The van der Waals surface area contributed by atoms with Crippen LogP contribution in [0, 0.1) is 0 Å². The Morgan fingerprint density at radius 3 is 3.00 bits per heavy atom. The summed E-state index contributed by atoms with van der Waals surface area (Å²) in [5.41, 5.74) is 3.63. The molecule has 1 aromatic carbocycles. The first-order chi connectivity index (χ1) is 8.24. The molecule has 0 fully saturated rings. The van der Waals surface area contributed by atoms with Crippen molar-refractivity contribution in [2.75, 3.05) is 12.0 Å². The number of furan rings is 1. The molecule has 92 valence electrons. The third kappa shape index (κ3) is 2.96. The van der Waals surface area contributed by atoms with Gasteiger partial charge in [-0.15, -0.1) is 0 Å². The Balaban J connectivity index is 2.27. The van der Waals surface area contributed by atoms with Gasteiger partial charge >= 0.3 is 0 Å². The number of nitrogens with two attached hydrogens (primary N) is 1. The Morgan fingerprint density at radius 1 is 1.47 bits per heavy atom. The fourth-order valence-electron chi connectivity index (χ4n) is 1.75. The molecule has 0 radical (unpaired) electrons. The van der Waals surface area contributed by atoms with Crippen molar-refractivity contribution in [2.45, 2.75) is 12.5 Å². The summed E-state index contributed by atoms with van der Waals surface area (Å²) in [6.45, 7) is 0. The molecule has 0 saturated heterocycles. The number of nitrogens with one attached hydrogen (secondary N) is 1. The van der Waals surface area contributed by atoms with Crippen LogP contribution >= 0.6 is 23.4 Å². The Bertz CT molecular complexity index is 500. The van der Waals surface area contributed by atoms with Crippen LogP contribution < -0.4 is 11.3 Å². The van der Waals surface area contributed by atoms with E-state index in [1.165, 1.54) is 0 Å². The van der Waals surface area contributed by atoms with Crippen molar-refractivity contribution >= 4 is 34.3 Å². The SMILES string of the molecule is CSCCC(NN)c1cc2cc(Cl)ccc2o1. The van der Waals surface area contributed by atoms with Crippen LogP contribution in [0.15, 0.2) is 28.7 Å². The van der Waals surface area contributed by atoms with Crippen molar-refractivity contribution in [3.63, 3.8) is 0 Å². The number of hydrogen-bond donors (Lipinski definition) is 2. The van der Waals surface area contributed by atoms with E-state index >= 15 is 0 Å². The van der Waals surface area contributed by atoms with Gasteiger partial charge in [-0.1, -0.05) is 11.6 Å². The first-order valence-electron chi connectivity index (χ1n) is 5.38. The summed E-state index contributed by atoms with van der Waals surface area (Å²) in [7, 11) is 0.